The third kappa shape index (κ3) is 2.60. The van der Waals surface area contributed by atoms with E-state index in [1.165, 1.54) is 6.07 Å². The molecular formula is C22H15NO4. The van der Waals surface area contributed by atoms with Crippen molar-refractivity contribution in [1.82, 2.24) is 0 Å². The van der Waals surface area contributed by atoms with E-state index < -0.39 is 11.9 Å². The highest BCUT2D eigenvalue weighted by atomic mass is 16.4. The van der Waals surface area contributed by atoms with E-state index in [0.29, 0.717) is 22.4 Å². The Balaban J connectivity index is 1.75. The molecule has 0 spiro atoms. The molecule has 5 nitrogen and oxygen atoms in total. The number of carbonyl (C=O) groups is 3. The van der Waals surface area contributed by atoms with Crippen molar-refractivity contribution in [2.75, 3.05) is 5.32 Å². The lowest BCUT2D eigenvalue weighted by Crippen LogP contribution is -2.17. The number of hydrogen-bond donors (Lipinski definition) is 2. The van der Waals surface area contributed by atoms with Crippen molar-refractivity contribution in [2.24, 2.45) is 0 Å². The van der Waals surface area contributed by atoms with Crippen LogP contribution >= 0.6 is 0 Å². The molecule has 0 atom stereocenters. The number of carbonyl (C=O) groups excluding carboxylic acids is 2. The molecular weight excluding hydrogens is 342 g/mol. The summed E-state index contributed by atoms with van der Waals surface area (Å²) in [5.41, 5.74) is 3.76. The highest BCUT2D eigenvalue weighted by Gasteiger charge is 2.30. The third-order valence-corrected chi connectivity index (χ3v) is 4.81. The van der Waals surface area contributed by atoms with Crippen molar-refractivity contribution in [3.05, 3.63) is 88.5 Å². The van der Waals surface area contributed by atoms with Gasteiger partial charge in [0.25, 0.3) is 5.91 Å². The Morgan fingerprint density at radius 1 is 0.815 bits per heavy atom. The van der Waals surface area contributed by atoms with Crippen LogP contribution in [0.15, 0.2) is 60.7 Å². The monoisotopic (exact) mass is 357 g/mol. The maximum atomic E-state index is 12.9. The molecule has 132 valence electrons. The van der Waals surface area contributed by atoms with Gasteiger partial charge in [0.1, 0.15) is 0 Å². The molecule has 1 aliphatic carbocycles. The molecule has 4 rings (SSSR count). The molecule has 0 saturated heterocycles. The van der Waals surface area contributed by atoms with E-state index in [9.17, 15) is 19.5 Å². The smallest absolute Gasteiger partial charge is 0.336 e. The summed E-state index contributed by atoms with van der Waals surface area (Å²) in [4.78, 5) is 37.0. The number of aromatic carboxylic acids is 1. The zero-order valence-corrected chi connectivity index (χ0v) is 14.4. The minimum atomic E-state index is -1.06. The van der Waals surface area contributed by atoms with Crippen LogP contribution in [0.1, 0.15) is 42.2 Å². The first-order valence-electron chi connectivity index (χ1n) is 8.40. The van der Waals surface area contributed by atoms with E-state index in [4.69, 9.17) is 0 Å². The average Bonchev–Trinajstić information content (AvgIpc) is 2.96. The van der Waals surface area contributed by atoms with Gasteiger partial charge >= 0.3 is 5.97 Å². The number of carboxylic acids is 1. The van der Waals surface area contributed by atoms with Gasteiger partial charge in [0, 0.05) is 16.8 Å². The predicted octanol–water partition coefficient (Wildman–Crippen LogP) is 4.16. The van der Waals surface area contributed by atoms with Gasteiger partial charge in [0.2, 0.25) is 0 Å². The zero-order valence-electron chi connectivity index (χ0n) is 14.4. The highest BCUT2D eigenvalue weighted by Crippen LogP contribution is 2.38. The van der Waals surface area contributed by atoms with Gasteiger partial charge in [0.15, 0.2) is 5.78 Å². The first-order valence-corrected chi connectivity index (χ1v) is 8.40. The highest BCUT2D eigenvalue weighted by molar-refractivity contribution is 6.26. The fourth-order valence-corrected chi connectivity index (χ4v) is 3.45. The Morgan fingerprint density at radius 3 is 2.19 bits per heavy atom. The molecule has 0 unspecified atom stereocenters. The van der Waals surface area contributed by atoms with Gasteiger partial charge in [-0.25, -0.2) is 4.79 Å². The van der Waals surface area contributed by atoms with Crippen LogP contribution in [-0.2, 0) is 0 Å². The molecule has 0 bridgehead atoms. The number of ketones is 1. The quantitative estimate of drug-likeness (QED) is 0.577. The Morgan fingerprint density at radius 2 is 1.44 bits per heavy atom. The topological polar surface area (TPSA) is 83.5 Å². The normalized spacial score (nSPS) is 11.7. The second-order valence-electron chi connectivity index (χ2n) is 6.34. The molecule has 2 N–H and O–H groups in total. The summed E-state index contributed by atoms with van der Waals surface area (Å²) < 4.78 is 0. The number of hydrogen-bond acceptors (Lipinski definition) is 3. The Kier molecular flexibility index (Phi) is 3.85. The fraction of sp³-hybridized carbons (Fsp3) is 0.0455. The molecule has 27 heavy (non-hydrogen) atoms. The van der Waals surface area contributed by atoms with E-state index in [1.54, 1.807) is 43.3 Å². The van der Waals surface area contributed by atoms with E-state index in [2.05, 4.69) is 5.32 Å². The minimum Gasteiger partial charge on any atom is -0.478 e. The van der Waals surface area contributed by atoms with Crippen LogP contribution in [-0.4, -0.2) is 22.8 Å². The number of benzene rings is 3. The van der Waals surface area contributed by atoms with Gasteiger partial charge < -0.3 is 10.4 Å². The van der Waals surface area contributed by atoms with E-state index >= 15 is 0 Å². The molecule has 1 amide bonds. The van der Waals surface area contributed by atoms with Crippen LogP contribution in [0, 0.1) is 6.92 Å². The van der Waals surface area contributed by atoms with Gasteiger partial charge in [-0.15, -0.1) is 0 Å². The van der Waals surface area contributed by atoms with Crippen molar-refractivity contribution < 1.29 is 19.5 Å². The molecule has 0 aliphatic heterocycles. The zero-order chi connectivity index (χ0) is 19.1. The molecule has 0 heterocycles. The maximum absolute atomic E-state index is 12.9. The van der Waals surface area contributed by atoms with Gasteiger partial charge in [0.05, 0.1) is 11.1 Å². The standard InChI is InChI=1S/C22H15NO4/c1-12-13(22(26)27)8-5-11-18(12)23-21(25)17-10-4-9-15-14-6-2-3-7-16(14)20(24)19(15)17/h2-11H,1H3,(H,23,25)(H,26,27). The van der Waals surface area contributed by atoms with Crippen molar-refractivity contribution >= 4 is 23.3 Å². The van der Waals surface area contributed by atoms with Crippen molar-refractivity contribution in [2.45, 2.75) is 6.92 Å². The summed E-state index contributed by atoms with van der Waals surface area (Å²) in [6.45, 7) is 1.63. The fourth-order valence-electron chi connectivity index (χ4n) is 3.45. The lowest BCUT2D eigenvalue weighted by atomic mass is 10.00. The lowest BCUT2D eigenvalue weighted by Gasteiger charge is -2.12. The molecule has 3 aromatic carbocycles. The largest absolute Gasteiger partial charge is 0.478 e. The Bertz CT molecular complexity index is 1130. The van der Waals surface area contributed by atoms with Crippen LogP contribution in [0.3, 0.4) is 0 Å². The van der Waals surface area contributed by atoms with E-state index in [-0.39, 0.29) is 16.9 Å². The maximum Gasteiger partial charge on any atom is 0.336 e. The van der Waals surface area contributed by atoms with Crippen molar-refractivity contribution in [3.63, 3.8) is 0 Å². The molecule has 0 fully saturated rings. The number of rotatable bonds is 3. The summed E-state index contributed by atoms with van der Waals surface area (Å²) in [5, 5.41) is 12.0. The molecule has 1 aliphatic rings. The second kappa shape index (κ2) is 6.21. The molecule has 0 aromatic heterocycles. The predicted molar refractivity (Wildman–Crippen MR) is 101 cm³/mol. The summed E-state index contributed by atoms with van der Waals surface area (Å²) in [6, 6.07) is 17.1. The van der Waals surface area contributed by atoms with Crippen LogP contribution in [0.5, 0.6) is 0 Å². The number of nitrogens with one attached hydrogen (secondary N) is 1. The van der Waals surface area contributed by atoms with Crippen LogP contribution in [0.25, 0.3) is 11.1 Å². The SMILES string of the molecule is Cc1c(NC(=O)c2cccc3c2C(=O)c2ccccc2-3)cccc1C(=O)O. The minimum absolute atomic E-state index is 0.120. The molecule has 0 saturated carbocycles. The van der Waals surface area contributed by atoms with Gasteiger partial charge in [-0.2, -0.15) is 0 Å². The van der Waals surface area contributed by atoms with Crippen molar-refractivity contribution in [3.8, 4) is 11.1 Å². The van der Waals surface area contributed by atoms with Gasteiger partial charge in [-0.1, -0.05) is 42.5 Å². The summed E-state index contributed by atoms with van der Waals surface area (Å²) in [6.07, 6.45) is 0. The lowest BCUT2D eigenvalue weighted by molar-refractivity contribution is 0.0695. The van der Waals surface area contributed by atoms with E-state index in [0.717, 1.165) is 11.1 Å². The summed E-state index contributed by atoms with van der Waals surface area (Å²) in [7, 11) is 0. The van der Waals surface area contributed by atoms with Gasteiger partial charge in [-0.3, -0.25) is 9.59 Å². The Labute approximate surface area is 155 Å². The number of fused-ring (bicyclic) bond motifs is 3. The molecule has 3 aromatic rings. The molecule has 5 heteroatoms. The summed E-state index contributed by atoms with van der Waals surface area (Å²) >= 11 is 0. The van der Waals surface area contributed by atoms with Crippen molar-refractivity contribution in [1.29, 1.82) is 0 Å². The number of carboxylic acid groups (broad SMARTS) is 1. The number of anilines is 1. The summed E-state index contributed by atoms with van der Waals surface area (Å²) in [5.74, 6) is -1.68. The number of amides is 1. The molecule has 0 radical (unpaired) electrons. The first kappa shape index (κ1) is 16.7. The third-order valence-electron chi connectivity index (χ3n) is 4.81. The second-order valence-corrected chi connectivity index (χ2v) is 6.34. The van der Waals surface area contributed by atoms with Crippen LogP contribution in [0.4, 0.5) is 5.69 Å². The Hall–Kier alpha value is -3.73. The van der Waals surface area contributed by atoms with E-state index in [1.807, 2.05) is 18.2 Å². The average molecular weight is 357 g/mol. The van der Waals surface area contributed by atoms with Crippen LogP contribution < -0.4 is 5.32 Å². The first-order chi connectivity index (χ1) is 13.0. The van der Waals surface area contributed by atoms with Gasteiger partial charge in [-0.05, 0) is 41.8 Å². The van der Waals surface area contributed by atoms with Crippen LogP contribution in [0.2, 0.25) is 0 Å².